The van der Waals surface area contributed by atoms with E-state index in [0.29, 0.717) is 23.4 Å². The van der Waals surface area contributed by atoms with E-state index in [2.05, 4.69) is 9.72 Å². The summed E-state index contributed by atoms with van der Waals surface area (Å²) in [5.74, 6) is -1.67. The Balaban J connectivity index is 1.38. The number of carbonyl (C=O) groups excluding carboxylic acids is 2. The number of aliphatic hydroxyl groups excluding tert-OH is 1. The lowest BCUT2D eigenvalue weighted by Gasteiger charge is -2.21. The van der Waals surface area contributed by atoms with Crippen LogP contribution in [0.2, 0.25) is 0 Å². The van der Waals surface area contributed by atoms with Crippen molar-refractivity contribution in [2.45, 2.75) is 54.4 Å². The first-order valence-corrected chi connectivity index (χ1v) is 17.0. The highest BCUT2D eigenvalue weighted by Crippen LogP contribution is 2.57. The number of benzene rings is 4. The molecule has 1 fully saturated rings. The van der Waals surface area contributed by atoms with Crippen molar-refractivity contribution in [1.29, 1.82) is 0 Å². The van der Waals surface area contributed by atoms with Crippen molar-refractivity contribution in [2.75, 3.05) is 0 Å². The highest BCUT2D eigenvalue weighted by molar-refractivity contribution is 8.23. The second-order valence-corrected chi connectivity index (χ2v) is 16.2. The number of alkyl halides is 1. The number of oxime groups is 1. The second kappa shape index (κ2) is 12.9. The zero-order valence-electron chi connectivity index (χ0n) is 25.7. The van der Waals surface area contributed by atoms with Gasteiger partial charge in [-0.2, -0.15) is 0 Å². The number of aryl methyl sites for hydroxylation is 1. The van der Waals surface area contributed by atoms with Crippen molar-refractivity contribution < 1.29 is 23.9 Å². The van der Waals surface area contributed by atoms with Crippen LogP contribution < -0.4 is 0 Å². The third-order valence-electron chi connectivity index (χ3n) is 8.13. The van der Waals surface area contributed by atoms with E-state index in [-0.39, 0.29) is 16.1 Å². The van der Waals surface area contributed by atoms with Crippen LogP contribution in [0.15, 0.2) is 90.1 Å². The number of rotatable bonds is 8. The fraction of sp³-hybridized carbons (Fsp3) is 0.250. The van der Waals surface area contributed by atoms with Gasteiger partial charge in [0.25, 0.3) is 0 Å². The zero-order chi connectivity index (χ0) is 32.7. The van der Waals surface area contributed by atoms with Gasteiger partial charge < -0.3 is 14.5 Å². The summed E-state index contributed by atoms with van der Waals surface area (Å²) in [5, 5.41) is 16.8. The number of fused-ring (bicyclic) bond motifs is 3. The van der Waals surface area contributed by atoms with E-state index < -0.39 is 27.2 Å². The predicted molar refractivity (Wildman–Crippen MR) is 186 cm³/mol. The van der Waals surface area contributed by atoms with Gasteiger partial charge in [0, 0.05) is 62.5 Å². The Labute approximate surface area is 279 Å². The molecule has 4 atom stereocenters. The van der Waals surface area contributed by atoms with E-state index in [4.69, 9.17) is 16.4 Å². The molecular weight excluding hydrogens is 643 g/mol. The van der Waals surface area contributed by atoms with Crippen LogP contribution in [0.25, 0.3) is 21.8 Å². The van der Waals surface area contributed by atoms with Crippen LogP contribution in [0.5, 0.6) is 0 Å². The lowest BCUT2D eigenvalue weighted by atomic mass is 9.96. The molecule has 0 amide bonds. The average Bonchev–Trinajstić information content (AvgIpc) is 3.51. The van der Waals surface area contributed by atoms with Crippen LogP contribution in [0, 0.1) is 5.82 Å². The van der Waals surface area contributed by atoms with E-state index in [0.717, 1.165) is 32.9 Å². The molecule has 1 N–H and O–H groups in total. The van der Waals surface area contributed by atoms with E-state index in [9.17, 15) is 14.7 Å². The Morgan fingerprint density at radius 1 is 0.978 bits per heavy atom. The van der Waals surface area contributed by atoms with Crippen molar-refractivity contribution in [2.24, 2.45) is 5.16 Å². The maximum Gasteiger partial charge on any atom is 0.332 e. The van der Waals surface area contributed by atoms with E-state index in [1.54, 1.807) is 30.0 Å². The van der Waals surface area contributed by atoms with Gasteiger partial charge in [-0.3, -0.25) is 4.79 Å². The molecule has 2 heterocycles. The lowest BCUT2D eigenvalue weighted by Crippen LogP contribution is -2.21. The third-order valence-corrected chi connectivity index (χ3v) is 11.9. The summed E-state index contributed by atoms with van der Waals surface area (Å²) in [4.78, 5) is 30.4. The minimum absolute atomic E-state index is 0.0704. The van der Waals surface area contributed by atoms with Crippen molar-refractivity contribution in [3.05, 3.63) is 119 Å². The largest absolute Gasteiger partial charge is 0.387 e. The maximum atomic E-state index is 15.5. The molecule has 1 aromatic heterocycles. The minimum Gasteiger partial charge on any atom is -0.387 e. The Kier molecular flexibility index (Phi) is 9.04. The van der Waals surface area contributed by atoms with Gasteiger partial charge in [-0.1, -0.05) is 66.1 Å². The Morgan fingerprint density at radius 2 is 1.63 bits per heavy atom. The molecule has 0 radical (unpaired) electrons. The molecule has 6 nitrogen and oxygen atoms in total. The molecule has 1 aliphatic rings. The summed E-state index contributed by atoms with van der Waals surface area (Å²) in [6, 6.07) is 25.0. The Hall–Kier alpha value is -3.63. The number of hydrogen-bond donors (Lipinski definition) is 1. The molecule has 0 saturated carbocycles. The Bertz CT molecular complexity index is 2010. The first kappa shape index (κ1) is 32.3. The molecule has 6 rings (SSSR count). The average molecular weight is 675 g/mol. The zero-order valence-corrected chi connectivity index (χ0v) is 28.0. The van der Waals surface area contributed by atoms with Crippen LogP contribution in [-0.2, 0) is 16.2 Å². The monoisotopic (exact) mass is 674 g/mol. The van der Waals surface area contributed by atoms with Gasteiger partial charge in [0.05, 0.1) is 11.7 Å². The number of aliphatic hydroxyl groups is 1. The Morgan fingerprint density at radius 3 is 2.22 bits per heavy atom. The highest BCUT2D eigenvalue weighted by atomic mass is 35.5. The topological polar surface area (TPSA) is 80.9 Å². The molecule has 10 heteroatoms. The quantitative estimate of drug-likeness (QED) is 0.0583. The van der Waals surface area contributed by atoms with Crippen LogP contribution in [0.3, 0.4) is 0 Å². The highest BCUT2D eigenvalue weighted by Gasteiger charge is 2.44. The van der Waals surface area contributed by atoms with Crippen LogP contribution in [0.4, 0.5) is 4.39 Å². The molecule has 46 heavy (non-hydrogen) atoms. The van der Waals surface area contributed by atoms with Gasteiger partial charge in [-0.25, -0.2) is 9.18 Å². The molecule has 236 valence electrons. The van der Waals surface area contributed by atoms with Crippen molar-refractivity contribution in [1.82, 2.24) is 4.57 Å². The number of halogens is 2. The van der Waals surface area contributed by atoms with Gasteiger partial charge in [-0.05, 0) is 61.9 Å². The molecule has 4 aromatic carbocycles. The maximum absolute atomic E-state index is 15.5. The standard InChI is InChI=1S/C36H32ClFN2O4S2/c1-5-40-30-15-12-23(32(39-44-21(3)41)22-9-7-6-8-10-22)17-27(30)28-18-24(13-16-31(28)40)33(42)26-14-11-25(19-29(26)38)34(43)35-20(2)45-36(4,37)46-35/h6-20,34-35,43H,5H2,1-4H3/b39-32+. The molecule has 1 saturated heterocycles. The van der Waals surface area contributed by atoms with Crippen molar-refractivity contribution in [3.8, 4) is 0 Å². The number of carbonyl (C=O) groups is 2. The van der Waals surface area contributed by atoms with Gasteiger partial charge in [-0.15, -0.1) is 23.5 Å². The number of thioether (sulfide) groups is 2. The smallest absolute Gasteiger partial charge is 0.332 e. The minimum atomic E-state index is -0.928. The van der Waals surface area contributed by atoms with Crippen molar-refractivity contribution >= 4 is 74.4 Å². The van der Waals surface area contributed by atoms with E-state index in [1.165, 1.54) is 30.8 Å². The first-order chi connectivity index (χ1) is 22.0. The van der Waals surface area contributed by atoms with Gasteiger partial charge in [0.2, 0.25) is 0 Å². The molecule has 4 unspecified atom stereocenters. The van der Waals surface area contributed by atoms with E-state index in [1.807, 2.05) is 75.4 Å². The predicted octanol–water partition coefficient (Wildman–Crippen LogP) is 8.68. The van der Waals surface area contributed by atoms with Gasteiger partial charge in [0.15, 0.2) is 5.78 Å². The van der Waals surface area contributed by atoms with Gasteiger partial charge >= 0.3 is 5.97 Å². The molecule has 0 spiro atoms. The number of aromatic nitrogens is 1. The second-order valence-electron chi connectivity index (χ2n) is 11.4. The third kappa shape index (κ3) is 6.21. The fourth-order valence-electron chi connectivity index (χ4n) is 6.04. The summed E-state index contributed by atoms with van der Waals surface area (Å²) < 4.78 is 17.1. The number of ketones is 1. The number of hydrogen-bond acceptors (Lipinski definition) is 7. The summed E-state index contributed by atoms with van der Waals surface area (Å²) in [6.45, 7) is 7.93. The number of nitrogens with zero attached hydrogens (tertiary/aromatic N) is 2. The lowest BCUT2D eigenvalue weighted by molar-refractivity contribution is -0.140. The van der Waals surface area contributed by atoms with E-state index >= 15 is 4.39 Å². The summed E-state index contributed by atoms with van der Waals surface area (Å²) >= 11 is 9.52. The fourth-order valence-corrected chi connectivity index (χ4v) is 10.0. The normalized spacial score (nSPS) is 20.7. The van der Waals surface area contributed by atoms with Crippen LogP contribution >= 0.6 is 35.1 Å². The summed E-state index contributed by atoms with van der Waals surface area (Å²) in [7, 11) is 0. The molecule has 1 aliphatic heterocycles. The molecule has 5 aromatic rings. The molecule has 0 bridgehead atoms. The van der Waals surface area contributed by atoms with Crippen LogP contribution in [-0.4, -0.2) is 41.2 Å². The van der Waals surface area contributed by atoms with Gasteiger partial charge in [0.1, 0.15) is 15.1 Å². The van der Waals surface area contributed by atoms with Crippen molar-refractivity contribution in [3.63, 3.8) is 0 Å². The molecular formula is C36H32ClFN2O4S2. The van der Waals surface area contributed by atoms with Crippen LogP contribution in [0.1, 0.15) is 66.4 Å². The SMILES string of the molecule is CCn1c2ccc(C(=O)c3ccc(C(O)C4SC(C)(Cl)SC4C)cc3F)cc2c2cc(/C(=N/OC(C)=O)c3ccccc3)ccc21. The summed E-state index contributed by atoms with van der Waals surface area (Å²) in [5.41, 5.74) is 4.56. The first-order valence-electron chi connectivity index (χ1n) is 14.9. The molecule has 0 aliphatic carbocycles. The summed E-state index contributed by atoms with van der Waals surface area (Å²) in [6.07, 6.45) is -0.928.